The topological polar surface area (TPSA) is 75.8 Å². The smallest absolute Gasteiger partial charge is 0.109 e. The van der Waals surface area contributed by atoms with E-state index in [1.807, 2.05) is 6.07 Å². The van der Waals surface area contributed by atoms with E-state index in [1.165, 1.54) is 11.3 Å². The van der Waals surface area contributed by atoms with Gasteiger partial charge >= 0.3 is 0 Å². The molecule has 0 atom stereocenters. The molecule has 1 aromatic heterocycles. The van der Waals surface area contributed by atoms with Crippen LogP contribution in [0.5, 0.6) is 0 Å². The van der Waals surface area contributed by atoms with Crippen LogP contribution in [0.2, 0.25) is 0 Å². The lowest BCUT2D eigenvalue weighted by atomic mass is 10.3. The van der Waals surface area contributed by atoms with Gasteiger partial charge in [0, 0.05) is 5.38 Å². The fourth-order valence-corrected chi connectivity index (χ4v) is 1.16. The van der Waals surface area contributed by atoms with Crippen molar-refractivity contribution in [1.29, 1.82) is 5.26 Å². The van der Waals surface area contributed by atoms with E-state index in [0.29, 0.717) is 16.3 Å². The molecule has 0 fully saturated rings. The molecule has 0 saturated heterocycles. The van der Waals surface area contributed by atoms with Gasteiger partial charge in [-0.15, -0.1) is 11.3 Å². The second-order valence-corrected chi connectivity index (χ2v) is 2.45. The number of anilines is 2. The molecule has 0 radical (unpaired) electrons. The predicted octanol–water partition coefficient (Wildman–Crippen LogP) is 0.784. The Morgan fingerprint density at radius 3 is 2.44 bits per heavy atom. The highest BCUT2D eigenvalue weighted by molar-refractivity contribution is 7.14. The van der Waals surface area contributed by atoms with Crippen LogP contribution in [0.15, 0.2) is 5.38 Å². The Kier molecular flexibility index (Phi) is 1.29. The molecule has 0 spiro atoms. The molecular formula is C5H5N3S. The maximum atomic E-state index is 8.38. The second-order valence-electron chi connectivity index (χ2n) is 1.54. The van der Waals surface area contributed by atoms with E-state index < -0.39 is 0 Å². The number of nitriles is 1. The van der Waals surface area contributed by atoms with Gasteiger partial charge < -0.3 is 11.5 Å². The summed E-state index contributed by atoms with van der Waals surface area (Å²) in [6, 6.07) is 1.90. The number of nitrogens with two attached hydrogens (primary N) is 2. The summed E-state index contributed by atoms with van der Waals surface area (Å²) in [6.45, 7) is 0. The van der Waals surface area contributed by atoms with Crippen LogP contribution in [0, 0.1) is 11.3 Å². The first-order valence-electron chi connectivity index (χ1n) is 2.28. The molecule has 1 aromatic rings. The predicted molar refractivity (Wildman–Crippen MR) is 37.9 cm³/mol. The van der Waals surface area contributed by atoms with Gasteiger partial charge in [0.05, 0.1) is 5.69 Å². The summed E-state index contributed by atoms with van der Waals surface area (Å²) < 4.78 is 0. The van der Waals surface area contributed by atoms with Gasteiger partial charge in [0.1, 0.15) is 16.6 Å². The SMILES string of the molecule is N#Cc1c(N)csc1N. The van der Waals surface area contributed by atoms with E-state index in [0.717, 1.165) is 0 Å². The highest BCUT2D eigenvalue weighted by Crippen LogP contribution is 2.25. The average molecular weight is 139 g/mol. The minimum Gasteiger partial charge on any atom is -0.397 e. The summed E-state index contributed by atoms with van der Waals surface area (Å²) in [7, 11) is 0. The van der Waals surface area contributed by atoms with Gasteiger partial charge in [-0.3, -0.25) is 0 Å². The summed E-state index contributed by atoms with van der Waals surface area (Å²) in [5, 5.41) is 10.5. The molecule has 46 valence electrons. The standard InChI is InChI=1S/C5H5N3S/c6-1-3-4(7)2-9-5(3)8/h2H,7-8H2. The van der Waals surface area contributed by atoms with Crippen molar-refractivity contribution < 1.29 is 0 Å². The quantitative estimate of drug-likeness (QED) is 0.557. The van der Waals surface area contributed by atoms with Gasteiger partial charge in [-0.2, -0.15) is 5.26 Å². The van der Waals surface area contributed by atoms with Gasteiger partial charge in [0.2, 0.25) is 0 Å². The molecule has 1 rings (SSSR count). The molecule has 1 heterocycles. The molecule has 0 aliphatic heterocycles. The lowest BCUT2D eigenvalue weighted by molar-refractivity contribution is 1.51. The first-order chi connectivity index (χ1) is 4.25. The zero-order valence-corrected chi connectivity index (χ0v) is 5.40. The van der Waals surface area contributed by atoms with Crippen LogP contribution in [0.3, 0.4) is 0 Å². The fourth-order valence-electron chi connectivity index (χ4n) is 0.507. The van der Waals surface area contributed by atoms with Gasteiger partial charge in [0.15, 0.2) is 0 Å². The Morgan fingerprint density at radius 1 is 1.56 bits per heavy atom. The number of rotatable bonds is 0. The Hall–Kier alpha value is -1.21. The van der Waals surface area contributed by atoms with Crippen molar-refractivity contribution in [2.45, 2.75) is 0 Å². The van der Waals surface area contributed by atoms with Gasteiger partial charge in [0.25, 0.3) is 0 Å². The van der Waals surface area contributed by atoms with Gasteiger partial charge in [-0.25, -0.2) is 0 Å². The molecule has 0 saturated carbocycles. The molecule has 0 unspecified atom stereocenters. The fraction of sp³-hybridized carbons (Fsp3) is 0. The third-order valence-corrected chi connectivity index (χ3v) is 1.79. The molecule has 0 bridgehead atoms. The van der Waals surface area contributed by atoms with Crippen molar-refractivity contribution >= 4 is 22.0 Å². The summed E-state index contributed by atoms with van der Waals surface area (Å²) in [4.78, 5) is 0. The van der Waals surface area contributed by atoms with Crippen molar-refractivity contribution in [3.8, 4) is 6.07 Å². The molecular weight excluding hydrogens is 134 g/mol. The minimum absolute atomic E-state index is 0.403. The molecule has 0 aliphatic rings. The van der Waals surface area contributed by atoms with E-state index in [2.05, 4.69) is 0 Å². The third kappa shape index (κ3) is 0.819. The van der Waals surface area contributed by atoms with Crippen LogP contribution in [0.4, 0.5) is 10.7 Å². The van der Waals surface area contributed by atoms with Crippen molar-refractivity contribution in [3.05, 3.63) is 10.9 Å². The maximum Gasteiger partial charge on any atom is 0.109 e. The highest BCUT2D eigenvalue weighted by atomic mass is 32.1. The van der Waals surface area contributed by atoms with Crippen molar-refractivity contribution in [2.75, 3.05) is 11.5 Å². The van der Waals surface area contributed by atoms with E-state index in [-0.39, 0.29) is 0 Å². The lowest BCUT2D eigenvalue weighted by Crippen LogP contribution is -1.87. The first kappa shape index (κ1) is 5.92. The van der Waals surface area contributed by atoms with Crippen molar-refractivity contribution in [1.82, 2.24) is 0 Å². The van der Waals surface area contributed by atoms with E-state index in [9.17, 15) is 0 Å². The molecule has 0 aromatic carbocycles. The summed E-state index contributed by atoms with van der Waals surface area (Å²) in [6.07, 6.45) is 0. The Balaban J connectivity index is 3.27. The molecule has 4 heteroatoms. The van der Waals surface area contributed by atoms with Crippen LogP contribution in [-0.2, 0) is 0 Å². The van der Waals surface area contributed by atoms with Gasteiger partial charge in [-0.1, -0.05) is 0 Å². The third-order valence-electron chi connectivity index (χ3n) is 0.960. The normalized spacial score (nSPS) is 8.78. The van der Waals surface area contributed by atoms with Crippen LogP contribution in [0.1, 0.15) is 5.56 Å². The van der Waals surface area contributed by atoms with Crippen molar-refractivity contribution in [3.63, 3.8) is 0 Å². The summed E-state index contributed by atoms with van der Waals surface area (Å²) >= 11 is 1.29. The number of nitrogen functional groups attached to an aromatic ring is 2. The number of nitrogens with zero attached hydrogens (tertiary/aromatic N) is 1. The van der Waals surface area contributed by atoms with E-state index in [4.69, 9.17) is 16.7 Å². The van der Waals surface area contributed by atoms with E-state index >= 15 is 0 Å². The number of hydrogen-bond donors (Lipinski definition) is 2. The minimum atomic E-state index is 0.403. The van der Waals surface area contributed by atoms with Crippen LogP contribution < -0.4 is 11.5 Å². The van der Waals surface area contributed by atoms with Crippen LogP contribution in [0.25, 0.3) is 0 Å². The van der Waals surface area contributed by atoms with Crippen LogP contribution >= 0.6 is 11.3 Å². The first-order valence-corrected chi connectivity index (χ1v) is 3.16. The molecule has 0 amide bonds. The van der Waals surface area contributed by atoms with Crippen molar-refractivity contribution in [2.24, 2.45) is 0 Å². The monoisotopic (exact) mass is 139 g/mol. The zero-order valence-electron chi connectivity index (χ0n) is 4.59. The lowest BCUT2D eigenvalue weighted by Gasteiger charge is -1.84. The summed E-state index contributed by atoms with van der Waals surface area (Å²) in [5.41, 5.74) is 11.6. The molecule has 4 N–H and O–H groups in total. The zero-order chi connectivity index (χ0) is 6.85. The Bertz CT molecular complexity index is 238. The highest BCUT2D eigenvalue weighted by Gasteiger charge is 2.02. The number of hydrogen-bond acceptors (Lipinski definition) is 4. The Morgan fingerprint density at radius 2 is 2.22 bits per heavy atom. The van der Waals surface area contributed by atoms with E-state index in [1.54, 1.807) is 5.38 Å². The van der Waals surface area contributed by atoms with Crippen LogP contribution in [-0.4, -0.2) is 0 Å². The largest absolute Gasteiger partial charge is 0.397 e. The second kappa shape index (κ2) is 1.96. The van der Waals surface area contributed by atoms with Gasteiger partial charge in [-0.05, 0) is 0 Å². The Labute approximate surface area is 56.5 Å². The molecule has 0 aliphatic carbocycles. The molecule has 9 heavy (non-hydrogen) atoms. The molecule has 3 nitrogen and oxygen atoms in total. The maximum absolute atomic E-state index is 8.38. The average Bonchev–Trinajstić information content (AvgIpc) is 2.12. The number of thiophene rings is 1. The summed E-state index contributed by atoms with van der Waals surface area (Å²) in [5.74, 6) is 0.